The van der Waals surface area contributed by atoms with Crippen LogP contribution in [-0.2, 0) is 16.0 Å². The van der Waals surface area contributed by atoms with Gasteiger partial charge in [0.05, 0.1) is 10.5 Å². The molecule has 0 aliphatic heterocycles. The first-order chi connectivity index (χ1) is 8.70. The Kier molecular flexibility index (Phi) is 3.83. The molecule has 19 heavy (non-hydrogen) atoms. The average Bonchev–Trinajstić information content (AvgIpc) is 2.30. The summed E-state index contributed by atoms with van der Waals surface area (Å²) >= 11 is 0. The van der Waals surface area contributed by atoms with Gasteiger partial charge in [0.25, 0.3) is 5.69 Å². The molecule has 0 amide bonds. The van der Waals surface area contributed by atoms with Gasteiger partial charge < -0.3 is 10.2 Å². The fourth-order valence-corrected chi connectivity index (χ4v) is 1.49. The van der Waals surface area contributed by atoms with E-state index in [1.165, 1.54) is 0 Å². The lowest BCUT2D eigenvalue weighted by Crippen LogP contribution is -2.38. The number of nitro groups is 1. The topological polar surface area (TPSA) is 118 Å². The fraction of sp³-hybridized carbons (Fsp3) is 0.273. The molecule has 0 heterocycles. The second kappa shape index (κ2) is 5.01. The van der Waals surface area contributed by atoms with E-state index in [1.807, 2.05) is 0 Å². The van der Waals surface area contributed by atoms with Crippen LogP contribution in [0.4, 0.5) is 10.1 Å². The summed E-state index contributed by atoms with van der Waals surface area (Å²) in [5, 5.41) is 28.6. The Morgan fingerprint density at radius 1 is 1.37 bits per heavy atom. The van der Waals surface area contributed by atoms with Gasteiger partial charge in [-0.15, -0.1) is 0 Å². The first-order valence-corrected chi connectivity index (χ1v) is 5.08. The van der Waals surface area contributed by atoms with Gasteiger partial charge in [0, 0.05) is 12.5 Å². The highest BCUT2D eigenvalue weighted by atomic mass is 19.1. The molecular formula is C11H10FNO6. The summed E-state index contributed by atoms with van der Waals surface area (Å²) in [4.78, 5) is 31.8. The molecular weight excluding hydrogens is 261 g/mol. The molecule has 0 radical (unpaired) electrons. The molecule has 102 valence electrons. The molecule has 1 rings (SSSR count). The van der Waals surface area contributed by atoms with Gasteiger partial charge in [-0.3, -0.25) is 19.7 Å². The van der Waals surface area contributed by atoms with E-state index in [9.17, 15) is 24.1 Å². The normalized spacial score (nSPS) is 11.1. The van der Waals surface area contributed by atoms with Gasteiger partial charge in [0.1, 0.15) is 5.82 Å². The van der Waals surface area contributed by atoms with Gasteiger partial charge >= 0.3 is 11.9 Å². The van der Waals surface area contributed by atoms with Crippen molar-refractivity contribution >= 4 is 17.6 Å². The molecule has 2 N–H and O–H groups in total. The van der Waals surface area contributed by atoms with Crippen LogP contribution in [0.15, 0.2) is 18.2 Å². The summed E-state index contributed by atoms with van der Waals surface area (Å²) in [6.07, 6.45) is -0.819. The van der Waals surface area contributed by atoms with E-state index in [2.05, 4.69) is 0 Å². The monoisotopic (exact) mass is 271 g/mol. The molecule has 0 spiro atoms. The van der Waals surface area contributed by atoms with Crippen molar-refractivity contribution in [2.45, 2.75) is 13.3 Å². The number of carbonyl (C=O) groups is 2. The van der Waals surface area contributed by atoms with E-state index in [4.69, 9.17) is 10.2 Å². The van der Waals surface area contributed by atoms with Crippen molar-refractivity contribution in [1.29, 1.82) is 0 Å². The van der Waals surface area contributed by atoms with Crippen LogP contribution in [0.3, 0.4) is 0 Å². The Hall–Kier alpha value is -2.51. The number of halogens is 1. The van der Waals surface area contributed by atoms with Gasteiger partial charge in [-0.1, -0.05) is 6.07 Å². The molecule has 1 aromatic rings. The van der Waals surface area contributed by atoms with Crippen molar-refractivity contribution in [3.05, 3.63) is 39.7 Å². The fourth-order valence-electron chi connectivity index (χ4n) is 1.49. The van der Waals surface area contributed by atoms with Crippen LogP contribution in [0, 0.1) is 21.3 Å². The SMILES string of the molecule is CC(Cc1c(F)cccc1[N+](=O)[O-])(C(=O)O)C(=O)O. The number of hydrogen-bond donors (Lipinski definition) is 2. The first-order valence-electron chi connectivity index (χ1n) is 5.08. The number of nitro benzene ring substituents is 1. The lowest BCUT2D eigenvalue weighted by Gasteiger charge is -2.19. The summed E-state index contributed by atoms with van der Waals surface area (Å²) in [7, 11) is 0. The van der Waals surface area contributed by atoms with Gasteiger partial charge in [0.2, 0.25) is 0 Å². The number of nitrogens with zero attached hydrogens (tertiary/aromatic N) is 1. The van der Waals surface area contributed by atoms with Crippen LogP contribution in [0.5, 0.6) is 0 Å². The summed E-state index contributed by atoms with van der Waals surface area (Å²) in [6.45, 7) is 0.869. The highest BCUT2D eigenvalue weighted by Gasteiger charge is 2.44. The van der Waals surface area contributed by atoms with Crippen LogP contribution < -0.4 is 0 Å². The third-order valence-electron chi connectivity index (χ3n) is 2.77. The molecule has 0 atom stereocenters. The van der Waals surface area contributed by atoms with E-state index in [0.717, 1.165) is 25.1 Å². The van der Waals surface area contributed by atoms with Crippen LogP contribution in [0.25, 0.3) is 0 Å². The molecule has 7 nitrogen and oxygen atoms in total. The molecule has 0 bridgehead atoms. The number of aliphatic carboxylic acids is 2. The number of carboxylic acid groups (broad SMARTS) is 2. The van der Waals surface area contributed by atoms with Crippen molar-refractivity contribution in [3.8, 4) is 0 Å². The largest absolute Gasteiger partial charge is 0.480 e. The number of hydrogen-bond acceptors (Lipinski definition) is 4. The quantitative estimate of drug-likeness (QED) is 0.475. The van der Waals surface area contributed by atoms with Crippen molar-refractivity contribution in [3.63, 3.8) is 0 Å². The molecule has 0 unspecified atom stereocenters. The van der Waals surface area contributed by atoms with Crippen molar-refractivity contribution in [1.82, 2.24) is 0 Å². The smallest absolute Gasteiger partial charge is 0.321 e. The highest BCUT2D eigenvalue weighted by molar-refractivity contribution is 5.98. The Labute approximate surface area is 106 Å². The maximum Gasteiger partial charge on any atom is 0.321 e. The van der Waals surface area contributed by atoms with E-state index >= 15 is 0 Å². The summed E-state index contributed by atoms with van der Waals surface area (Å²) in [6, 6.07) is 2.99. The third-order valence-corrected chi connectivity index (χ3v) is 2.77. The zero-order chi connectivity index (χ0) is 14.8. The molecule has 0 fully saturated rings. The highest BCUT2D eigenvalue weighted by Crippen LogP contribution is 2.30. The second-order valence-electron chi connectivity index (χ2n) is 4.11. The van der Waals surface area contributed by atoms with E-state index in [0.29, 0.717) is 0 Å². The molecule has 0 aliphatic carbocycles. The van der Waals surface area contributed by atoms with Crippen LogP contribution >= 0.6 is 0 Å². The lowest BCUT2D eigenvalue weighted by molar-refractivity contribution is -0.385. The minimum absolute atomic E-state index is 0.542. The van der Waals surface area contributed by atoms with Gasteiger partial charge in [-0.25, -0.2) is 4.39 Å². The van der Waals surface area contributed by atoms with E-state index in [1.54, 1.807) is 0 Å². The third kappa shape index (κ3) is 2.67. The van der Waals surface area contributed by atoms with Gasteiger partial charge in [-0.05, 0) is 13.0 Å². The molecule has 0 aliphatic rings. The minimum Gasteiger partial charge on any atom is -0.480 e. The molecule has 8 heteroatoms. The molecule has 0 saturated carbocycles. The van der Waals surface area contributed by atoms with Crippen LogP contribution in [0.2, 0.25) is 0 Å². The van der Waals surface area contributed by atoms with Crippen molar-refractivity contribution in [2.75, 3.05) is 0 Å². The summed E-state index contributed by atoms with van der Waals surface area (Å²) in [5.41, 5.74) is -3.53. The predicted molar refractivity (Wildman–Crippen MR) is 60.1 cm³/mol. The van der Waals surface area contributed by atoms with Crippen LogP contribution in [0.1, 0.15) is 12.5 Å². The maximum atomic E-state index is 13.6. The number of rotatable bonds is 5. The molecule has 0 aromatic heterocycles. The Balaban J connectivity index is 3.36. The first kappa shape index (κ1) is 14.6. The molecule has 1 aromatic carbocycles. The lowest BCUT2D eigenvalue weighted by atomic mass is 9.83. The zero-order valence-electron chi connectivity index (χ0n) is 9.79. The molecule has 0 saturated heterocycles. The average molecular weight is 271 g/mol. The van der Waals surface area contributed by atoms with Crippen molar-refractivity contribution in [2.24, 2.45) is 5.41 Å². The standard InChI is InChI=1S/C11H10FNO6/c1-11(9(14)15,10(16)17)5-6-7(12)3-2-4-8(6)13(18)19/h2-4H,5H2,1H3,(H,14,15)(H,16,17). The maximum absolute atomic E-state index is 13.6. The summed E-state index contributed by atoms with van der Waals surface area (Å²) < 4.78 is 13.6. The zero-order valence-corrected chi connectivity index (χ0v) is 9.79. The second-order valence-corrected chi connectivity index (χ2v) is 4.11. The van der Waals surface area contributed by atoms with Gasteiger partial charge in [-0.2, -0.15) is 0 Å². The number of carboxylic acids is 2. The van der Waals surface area contributed by atoms with E-state index < -0.39 is 45.8 Å². The minimum atomic E-state index is -2.34. The van der Waals surface area contributed by atoms with Crippen molar-refractivity contribution < 1.29 is 29.1 Å². The Bertz CT molecular complexity index is 542. The Morgan fingerprint density at radius 3 is 2.32 bits per heavy atom. The predicted octanol–water partition coefficient (Wildman–Crippen LogP) is 1.45. The van der Waals surface area contributed by atoms with Gasteiger partial charge in [0.15, 0.2) is 5.41 Å². The Morgan fingerprint density at radius 2 is 1.89 bits per heavy atom. The van der Waals surface area contributed by atoms with Crippen LogP contribution in [-0.4, -0.2) is 27.1 Å². The summed E-state index contributed by atoms with van der Waals surface area (Å²) in [5.74, 6) is -4.40. The number of benzene rings is 1. The van der Waals surface area contributed by atoms with E-state index in [-0.39, 0.29) is 0 Å².